The molecule has 1 N–H and O–H groups in total. The van der Waals surface area contributed by atoms with E-state index in [1.54, 1.807) is 29.9 Å². The Bertz CT molecular complexity index is 1190. The van der Waals surface area contributed by atoms with E-state index < -0.39 is 6.50 Å². The second-order valence-electron chi connectivity index (χ2n) is 7.92. The Labute approximate surface area is 188 Å². The van der Waals surface area contributed by atoms with Crippen molar-refractivity contribution in [1.82, 2.24) is 20.2 Å². The molecular formula is C23H24N6OS. The summed E-state index contributed by atoms with van der Waals surface area (Å²) in [5.74, 6) is 0.902. The van der Waals surface area contributed by atoms with Gasteiger partial charge in [-0.1, -0.05) is 12.1 Å². The summed E-state index contributed by atoms with van der Waals surface area (Å²) in [6, 6.07) is 11.6. The van der Waals surface area contributed by atoms with Gasteiger partial charge in [0.2, 0.25) is 5.91 Å². The molecule has 31 heavy (non-hydrogen) atoms. The number of carbonyl (C=O) groups is 1. The maximum absolute atomic E-state index is 12.9. The van der Waals surface area contributed by atoms with Crippen LogP contribution in [0, 0.1) is 11.3 Å². The molecule has 4 heterocycles. The number of thiazole rings is 1. The molecule has 2 aliphatic rings. The number of nitrogens with zero attached hydrogens (tertiary/aromatic N) is 5. The van der Waals surface area contributed by atoms with Crippen LogP contribution in [0.25, 0.3) is 10.2 Å². The fourth-order valence-corrected chi connectivity index (χ4v) is 5.31. The number of anilines is 1. The molecule has 8 heteroatoms. The van der Waals surface area contributed by atoms with E-state index in [-0.39, 0.29) is 31.0 Å². The lowest BCUT2D eigenvalue weighted by atomic mass is 10.1. The topological polar surface area (TPSA) is 85.2 Å². The predicted octanol–water partition coefficient (Wildman–Crippen LogP) is 2.92. The van der Waals surface area contributed by atoms with Gasteiger partial charge >= 0.3 is 0 Å². The first-order valence-electron chi connectivity index (χ1n) is 11.5. The van der Waals surface area contributed by atoms with Crippen molar-refractivity contribution < 1.29 is 7.54 Å². The minimum Gasteiger partial charge on any atom is -0.347 e. The highest BCUT2D eigenvalue weighted by Crippen LogP contribution is 2.34. The molecular weight excluding hydrogens is 408 g/mol. The molecule has 1 amide bonds. The van der Waals surface area contributed by atoms with E-state index in [4.69, 9.17) is 8.00 Å². The van der Waals surface area contributed by atoms with E-state index in [1.807, 2.05) is 17.0 Å². The van der Waals surface area contributed by atoms with E-state index in [2.05, 4.69) is 26.3 Å². The Morgan fingerprint density at radius 2 is 2.10 bits per heavy atom. The van der Waals surface area contributed by atoms with Gasteiger partial charge in [0.1, 0.15) is 11.9 Å². The maximum Gasteiger partial charge on any atom is 0.223 e. The molecule has 2 bridgehead atoms. The van der Waals surface area contributed by atoms with Crippen LogP contribution in [-0.4, -0.2) is 52.5 Å². The summed E-state index contributed by atoms with van der Waals surface area (Å²) in [6.45, 7) is -0.201. The Hall–Kier alpha value is -3.02. The first-order chi connectivity index (χ1) is 16.0. The zero-order chi connectivity index (χ0) is 23.0. The zero-order valence-corrected chi connectivity index (χ0v) is 17.8. The van der Waals surface area contributed by atoms with E-state index in [1.165, 1.54) is 11.3 Å². The van der Waals surface area contributed by atoms with Crippen LogP contribution in [0.3, 0.4) is 0 Å². The van der Waals surface area contributed by atoms with Crippen molar-refractivity contribution in [2.24, 2.45) is 0 Å². The molecule has 1 aromatic carbocycles. The predicted molar refractivity (Wildman–Crippen MR) is 121 cm³/mol. The molecule has 2 saturated heterocycles. The molecule has 2 atom stereocenters. The van der Waals surface area contributed by atoms with Crippen LogP contribution < -0.4 is 10.2 Å². The van der Waals surface area contributed by atoms with Crippen LogP contribution in [0.5, 0.6) is 0 Å². The lowest BCUT2D eigenvalue weighted by molar-refractivity contribution is -0.132. The van der Waals surface area contributed by atoms with Gasteiger partial charge in [0, 0.05) is 53.6 Å². The lowest BCUT2D eigenvalue weighted by Crippen LogP contribution is -2.56. The lowest BCUT2D eigenvalue weighted by Gasteiger charge is -2.41. The van der Waals surface area contributed by atoms with Crippen LogP contribution in [0.15, 0.2) is 42.0 Å². The number of carbonyl (C=O) groups excluding carboxylic acids is 1. The van der Waals surface area contributed by atoms with E-state index in [0.29, 0.717) is 24.2 Å². The van der Waals surface area contributed by atoms with Gasteiger partial charge in [-0.15, -0.1) is 11.3 Å². The summed E-state index contributed by atoms with van der Waals surface area (Å²) in [5, 5.41) is 11.9. The Morgan fingerprint density at radius 3 is 2.84 bits per heavy atom. The molecule has 2 fully saturated rings. The van der Waals surface area contributed by atoms with E-state index in [9.17, 15) is 4.79 Å². The third-order valence-corrected chi connectivity index (χ3v) is 6.90. The van der Waals surface area contributed by atoms with Gasteiger partial charge in [-0.3, -0.25) is 4.79 Å². The van der Waals surface area contributed by atoms with Crippen molar-refractivity contribution in [3.63, 3.8) is 0 Å². The van der Waals surface area contributed by atoms with Gasteiger partial charge in [0.05, 0.1) is 21.3 Å². The molecule has 0 aliphatic carbocycles. The summed E-state index contributed by atoms with van der Waals surface area (Å²) in [6.07, 6.45) is 3.86. The number of hydrogen-bond acceptors (Lipinski definition) is 7. The molecule has 158 valence electrons. The zero-order valence-electron chi connectivity index (χ0n) is 19.0. The average Bonchev–Trinajstić information content (AvgIpc) is 3.40. The van der Waals surface area contributed by atoms with Crippen molar-refractivity contribution in [3.05, 3.63) is 53.2 Å². The number of fused-ring (bicyclic) bond motifs is 3. The van der Waals surface area contributed by atoms with Gasteiger partial charge < -0.3 is 15.1 Å². The van der Waals surface area contributed by atoms with Crippen LogP contribution in [0.2, 0.25) is 0 Å². The van der Waals surface area contributed by atoms with Crippen LogP contribution >= 0.6 is 11.3 Å². The van der Waals surface area contributed by atoms with Crippen molar-refractivity contribution >= 4 is 33.3 Å². The fraction of sp³-hybridized carbons (Fsp3) is 0.391. The molecule has 2 unspecified atom stereocenters. The smallest absolute Gasteiger partial charge is 0.223 e. The van der Waals surface area contributed by atoms with E-state index in [0.717, 1.165) is 28.9 Å². The first-order valence-corrected chi connectivity index (χ1v) is 11.3. The highest BCUT2D eigenvalue weighted by atomic mass is 32.1. The summed E-state index contributed by atoms with van der Waals surface area (Å²) < 4.78 is 17.8. The fourth-order valence-electron chi connectivity index (χ4n) is 4.56. The largest absolute Gasteiger partial charge is 0.347 e. The summed E-state index contributed by atoms with van der Waals surface area (Å²) in [5.41, 5.74) is 3.59. The summed E-state index contributed by atoms with van der Waals surface area (Å²) in [7, 11) is 0. The number of amides is 1. The number of likely N-dealkylation sites (tertiary alicyclic amines) is 1. The van der Waals surface area contributed by atoms with Crippen LogP contribution in [-0.2, 0) is 11.3 Å². The number of nitriles is 1. The van der Waals surface area contributed by atoms with Gasteiger partial charge in [-0.25, -0.2) is 9.97 Å². The SMILES string of the molecule is [2H]C([2H])(NCCC(=O)N1CC2CCC(C1)N2c1ccc(C#N)cn1)c1cccc2ncsc12. The monoisotopic (exact) mass is 434 g/mol. The number of hydrogen-bond donors (Lipinski definition) is 1. The molecule has 2 aromatic heterocycles. The molecule has 0 radical (unpaired) electrons. The molecule has 0 spiro atoms. The highest BCUT2D eigenvalue weighted by Gasteiger charge is 2.41. The van der Waals surface area contributed by atoms with Crippen LogP contribution in [0.4, 0.5) is 5.82 Å². The van der Waals surface area contributed by atoms with Gasteiger partial charge in [-0.05, 0) is 36.6 Å². The third-order valence-electron chi connectivity index (χ3n) is 6.02. The van der Waals surface area contributed by atoms with Crippen molar-refractivity contribution in [2.45, 2.75) is 37.8 Å². The summed E-state index contributed by atoms with van der Waals surface area (Å²) >= 11 is 1.42. The maximum atomic E-state index is 12.9. The summed E-state index contributed by atoms with van der Waals surface area (Å²) in [4.78, 5) is 25.8. The number of aromatic nitrogens is 2. The van der Waals surface area contributed by atoms with Crippen LogP contribution in [0.1, 0.15) is 33.1 Å². The molecule has 2 aliphatic heterocycles. The van der Waals surface area contributed by atoms with Gasteiger partial charge in [0.25, 0.3) is 0 Å². The first kappa shape index (κ1) is 17.6. The number of piperazine rings is 1. The molecule has 5 rings (SSSR count). The minimum atomic E-state index is -1.74. The van der Waals surface area contributed by atoms with Crippen molar-refractivity contribution in [1.29, 1.82) is 5.26 Å². The van der Waals surface area contributed by atoms with Gasteiger partial charge in [-0.2, -0.15) is 5.26 Å². The van der Waals surface area contributed by atoms with Crippen molar-refractivity contribution in [2.75, 3.05) is 24.5 Å². The molecule has 7 nitrogen and oxygen atoms in total. The Balaban J connectivity index is 1.18. The minimum absolute atomic E-state index is 0.0404. The van der Waals surface area contributed by atoms with E-state index >= 15 is 0 Å². The second kappa shape index (κ2) is 8.61. The molecule has 3 aromatic rings. The number of benzene rings is 1. The number of nitrogens with one attached hydrogen (secondary N) is 1. The third kappa shape index (κ3) is 3.99. The highest BCUT2D eigenvalue weighted by molar-refractivity contribution is 7.16. The second-order valence-corrected chi connectivity index (χ2v) is 8.77. The molecule has 0 saturated carbocycles. The average molecular weight is 435 g/mol. The number of rotatable bonds is 6. The van der Waals surface area contributed by atoms with Crippen molar-refractivity contribution in [3.8, 4) is 6.07 Å². The standard InChI is InChI=1S/C23H24N6OS/c24-10-16-4-7-21(26-11-16)29-18-5-6-19(29)14-28(13-18)22(30)8-9-25-12-17-2-1-3-20-23(17)31-15-27-20/h1-4,7,11,15,18-19,25H,5-6,8-9,12-14H2/i12D2. The van der Waals surface area contributed by atoms with Gasteiger partial charge in [0.15, 0.2) is 0 Å². The normalized spacial score (nSPS) is 21.6. The Morgan fingerprint density at radius 1 is 1.26 bits per heavy atom. The quantitative estimate of drug-likeness (QED) is 0.642. The number of pyridine rings is 1. The Kier molecular flexibility index (Phi) is 4.90.